The first kappa shape index (κ1) is 13.1. The molecule has 0 unspecified atom stereocenters. The van der Waals surface area contributed by atoms with Crippen LogP contribution in [0.1, 0.15) is 25.7 Å². The van der Waals surface area contributed by atoms with Gasteiger partial charge in [0.15, 0.2) is 0 Å². The van der Waals surface area contributed by atoms with Crippen LogP contribution < -0.4 is 5.56 Å². The zero-order valence-electron chi connectivity index (χ0n) is 10.3. The highest BCUT2D eigenvalue weighted by atomic mass is 35.5. The second kappa shape index (κ2) is 6.05. The number of aromatic nitrogens is 1. The summed E-state index contributed by atoms with van der Waals surface area (Å²) < 4.78 is 1.37. The van der Waals surface area contributed by atoms with E-state index >= 15 is 0 Å². The Morgan fingerprint density at radius 1 is 1.17 bits per heavy atom. The molecule has 1 saturated heterocycles. The normalized spacial score (nSPS) is 16.4. The number of carbonyl (C=O) groups excluding carboxylic acids is 1. The van der Waals surface area contributed by atoms with Crippen molar-refractivity contribution >= 4 is 17.5 Å². The molecule has 1 aliphatic heterocycles. The number of halogens is 1. The van der Waals surface area contributed by atoms with Gasteiger partial charge in [-0.3, -0.25) is 9.59 Å². The van der Waals surface area contributed by atoms with E-state index in [0.29, 0.717) is 5.02 Å². The molecule has 2 heterocycles. The van der Waals surface area contributed by atoms with Gasteiger partial charge in [-0.25, -0.2) is 0 Å². The minimum atomic E-state index is -0.192. The van der Waals surface area contributed by atoms with Gasteiger partial charge in [0.25, 0.3) is 5.56 Å². The van der Waals surface area contributed by atoms with E-state index in [9.17, 15) is 9.59 Å². The van der Waals surface area contributed by atoms with E-state index in [1.165, 1.54) is 35.7 Å². The number of hydrogen-bond donors (Lipinski definition) is 0. The summed E-state index contributed by atoms with van der Waals surface area (Å²) in [6, 6.07) is 2.93. The average Bonchev–Trinajstić information content (AvgIpc) is 2.62. The summed E-state index contributed by atoms with van der Waals surface area (Å²) in [6.45, 7) is 1.68. The van der Waals surface area contributed by atoms with E-state index in [1.54, 1.807) is 0 Å². The maximum Gasteiger partial charge on any atom is 0.251 e. The zero-order valence-corrected chi connectivity index (χ0v) is 11.0. The van der Waals surface area contributed by atoms with E-state index in [1.807, 2.05) is 4.90 Å². The lowest BCUT2D eigenvalue weighted by molar-refractivity contribution is -0.131. The molecule has 1 aromatic heterocycles. The molecule has 2 rings (SSSR count). The van der Waals surface area contributed by atoms with E-state index in [4.69, 9.17) is 11.6 Å². The van der Waals surface area contributed by atoms with Crippen molar-refractivity contribution in [2.24, 2.45) is 0 Å². The molecular formula is C13H17ClN2O2. The monoisotopic (exact) mass is 268 g/mol. The highest BCUT2D eigenvalue weighted by Gasteiger charge is 2.16. The van der Waals surface area contributed by atoms with Gasteiger partial charge < -0.3 is 9.47 Å². The van der Waals surface area contributed by atoms with E-state index in [2.05, 4.69) is 0 Å². The molecule has 1 aromatic rings. The first-order valence-corrected chi connectivity index (χ1v) is 6.68. The van der Waals surface area contributed by atoms with Gasteiger partial charge in [-0.15, -0.1) is 0 Å². The number of hydrogen-bond acceptors (Lipinski definition) is 2. The average molecular weight is 269 g/mol. The third-order valence-electron chi connectivity index (χ3n) is 3.21. The van der Waals surface area contributed by atoms with Crippen molar-refractivity contribution in [1.82, 2.24) is 9.47 Å². The van der Waals surface area contributed by atoms with Gasteiger partial charge in [-0.2, -0.15) is 0 Å². The fraction of sp³-hybridized carbons (Fsp3) is 0.538. The Kier molecular flexibility index (Phi) is 4.42. The molecule has 0 radical (unpaired) electrons. The molecule has 0 spiro atoms. The van der Waals surface area contributed by atoms with Crippen LogP contribution in [-0.2, 0) is 11.3 Å². The van der Waals surface area contributed by atoms with Gasteiger partial charge in [0.05, 0.1) is 5.02 Å². The predicted molar refractivity (Wildman–Crippen MR) is 70.8 cm³/mol. The quantitative estimate of drug-likeness (QED) is 0.822. The van der Waals surface area contributed by atoms with Crippen LogP contribution in [0.2, 0.25) is 5.02 Å². The lowest BCUT2D eigenvalue weighted by Gasteiger charge is -2.20. The van der Waals surface area contributed by atoms with Gasteiger partial charge in [0.2, 0.25) is 5.91 Å². The number of likely N-dealkylation sites (tertiary alicyclic amines) is 1. The highest BCUT2D eigenvalue weighted by molar-refractivity contribution is 6.30. The van der Waals surface area contributed by atoms with Crippen LogP contribution in [0.25, 0.3) is 0 Å². The van der Waals surface area contributed by atoms with Crippen molar-refractivity contribution in [2.75, 3.05) is 13.1 Å². The fourth-order valence-electron chi connectivity index (χ4n) is 2.19. The number of carbonyl (C=O) groups is 1. The van der Waals surface area contributed by atoms with Crippen LogP contribution in [0.15, 0.2) is 23.1 Å². The van der Waals surface area contributed by atoms with E-state index < -0.39 is 0 Å². The first-order chi connectivity index (χ1) is 8.66. The highest BCUT2D eigenvalue weighted by Crippen LogP contribution is 2.10. The lowest BCUT2D eigenvalue weighted by atomic mass is 10.2. The zero-order chi connectivity index (χ0) is 13.0. The topological polar surface area (TPSA) is 42.3 Å². The lowest BCUT2D eigenvalue weighted by Crippen LogP contribution is -2.36. The van der Waals surface area contributed by atoms with Crippen molar-refractivity contribution < 1.29 is 4.79 Å². The first-order valence-electron chi connectivity index (χ1n) is 6.30. The summed E-state index contributed by atoms with van der Waals surface area (Å²) in [5.74, 6) is 0.00117. The summed E-state index contributed by atoms with van der Waals surface area (Å²) >= 11 is 5.83. The molecular weight excluding hydrogens is 252 g/mol. The molecule has 18 heavy (non-hydrogen) atoms. The number of amides is 1. The number of rotatable bonds is 2. The van der Waals surface area contributed by atoms with Crippen LogP contribution in [0.4, 0.5) is 0 Å². The van der Waals surface area contributed by atoms with Crippen molar-refractivity contribution in [3.63, 3.8) is 0 Å². The molecule has 0 aromatic carbocycles. The molecule has 1 aliphatic rings. The third kappa shape index (κ3) is 3.35. The molecule has 98 valence electrons. The Hall–Kier alpha value is -1.29. The second-order valence-corrected chi connectivity index (χ2v) is 5.04. The maximum atomic E-state index is 12.1. The van der Waals surface area contributed by atoms with Crippen LogP contribution in [-0.4, -0.2) is 28.5 Å². The van der Waals surface area contributed by atoms with E-state index in [0.717, 1.165) is 25.9 Å². The van der Waals surface area contributed by atoms with Crippen LogP contribution >= 0.6 is 11.6 Å². The minimum Gasteiger partial charge on any atom is -0.341 e. The Morgan fingerprint density at radius 3 is 2.50 bits per heavy atom. The second-order valence-electron chi connectivity index (χ2n) is 4.61. The third-order valence-corrected chi connectivity index (χ3v) is 3.44. The van der Waals surface area contributed by atoms with Gasteiger partial charge >= 0.3 is 0 Å². The molecule has 1 amide bonds. The summed E-state index contributed by atoms with van der Waals surface area (Å²) in [5, 5.41) is 0.471. The Morgan fingerprint density at radius 2 is 1.83 bits per heavy atom. The van der Waals surface area contributed by atoms with Gasteiger partial charge in [0, 0.05) is 25.4 Å². The summed E-state index contributed by atoms with van der Waals surface area (Å²) in [4.78, 5) is 25.5. The van der Waals surface area contributed by atoms with Crippen molar-refractivity contribution in [3.8, 4) is 0 Å². The van der Waals surface area contributed by atoms with Crippen LogP contribution in [0, 0.1) is 0 Å². The molecule has 4 nitrogen and oxygen atoms in total. The molecule has 0 saturated carbocycles. The summed E-state index contributed by atoms with van der Waals surface area (Å²) in [5.41, 5.74) is -0.192. The van der Waals surface area contributed by atoms with Crippen LogP contribution in [0.5, 0.6) is 0 Å². The Balaban J connectivity index is 2.05. The summed E-state index contributed by atoms with van der Waals surface area (Å²) in [6.07, 6.45) is 5.98. The minimum absolute atomic E-state index is 0.00117. The molecule has 1 fully saturated rings. The van der Waals surface area contributed by atoms with Gasteiger partial charge in [0.1, 0.15) is 6.54 Å². The van der Waals surface area contributed by atoms with Crippen molar-refractivity contribution in [3.05, 3.63) is 33.7 Å². The predicted octanol–water partition coefficient (Wildman–Crippen LogP) is 1.90. The molecule has 0 atom stereocenters. The molecule has 0 bridgehead atoms. The maximum absolute atomic E-state index is 12.1. The number of nitrogens with zero attached hydrogens (tertiary/aromatic N) is 2. The van der Waals surface area contributed by atoms with Crippen molar-refractivity contribution in [2.45, 2.75) is 32.2 Å². The van der Waals surface area contributed by atoms with Crippen LogP contribution in [0.3, 0.4) is 0 Å². The molecule has 5 heteroatoms. The van der Waals surface area contributed by atoms with Crippen molar-refractivity contribution in [1.29, 1.82) is 0 Å². The van der Waals surface area contributed by atoms with Gasteiger partial charge in [-0.05, 0) is 18.9 Å². The van der Waals surface area contributed by atoms with E-state index in [-0.39, 0.29) is 18.0 Å². The SMILES string of the molecule is O=C(Cn1cc(Cl)ccc1=O)N1CCCCCC1. The largest absolute Gasteiger partial charge is 0.341 e. The van der Waals surface area contributed by atoms with Gasteiger partial charge in [-0.1, -0.05) is 24.4 Å². The smallest absolute Gasteiger partial charge is 0.251 e. The molecule has 0 aliphatic carbocycles. The summed E-state index contributed by atoms with van der Waals surface area (Å²) in [7, 11) is 0. The number of pyridine rings is 1. The standard InChI is InChI=1S/C13H17ClN2O2/c14-11-5-6-12(17)16(9-11)10-13(18)15-7-3-1-2-4-8-15/h5-6,9H,1-4,7-8,10H2. The fourth-order valence-corrected chi connectivity index (χ4v) is 2.37. The Labute approximate surface area is 111 Å². The molecule has 0 N–H and O–H groups in total. The Bertz CT molecular complexity index is 476.